The normalized spacial score (nSPS) is 9.87. The second-order valence-electron chi connectivity index (χ2n) is 2.93. The molecule has 0 aliphatic carbocycles. The highest BCUT2D eigenvalue weighted by molar-refractivity contribution is 6.16. The van der Waals surface area contributed by atoms with E-state index >= 15 is 0 Å². The van der Waals surface area contributed by atoms with E-state index in [2.05, 4.69) is 16.4 Å². The lowest BCUT2D eigenvalue weighted by Crippen LogP contribution is -2.00. The number of benzene rings is 1. The van der Waals surface area contributed by atoms with Gasteiger partial charge in [-0.3, -0.25) is 0 Å². The van der Waals surface area contributed by atoms with Crippen LogP contribution in [0.2, 0.25) is 0 Å². The van der Waals surface area contributed by atoms with Crippen LogP contribution in [-0.2, 0) is 5.88 Å². The lowest BCUT2D eigenvalue weighted by Gasteiger charge is -2.02. The topological polar surface area (TPSA) is 54.5 Å². The van der Waals surface area contributed by atoms with E-state index in [-0.39, 0.29) is 0 Å². The number of alkyl halides is 1. The van der Waals surface area contributed by atoms with Crippen LogP contribution >= 0.6 is 11.6 Å². The highest BCUT2D eigenvalue weighted by Gasteiger charge is 2.04. The quantitative estimate of drug-likeness (QED) is 0.724. The maximum absolute atomic E-state index is 8.65. The number of rotatable bonds is 2. The fraction of sp³-hybridized carbons (Fsp3) is 0.100. The molecule has 0 radical (unpaired) electrons. The minimum atomic E-state index is 0.354. The van der Waals surface area contributed by atoms with E-state index in [1.54, 1.807) is 23.0 Å². The van der Waals surface area contributed by atoms with Gasteiger partial charge in [0.25, 0.3) is 0 Å². The zero-order valence-electron chi connectivity index (χ0n) is 7.76. The van der Waals surface area contributed by atoms with Crippen LogP contribution in [0, 0.1) is 11.3 Å². The summed E-state index contributed by atoms with van der Waals surface area (Å²) >= 11 is 5.73. The first-order chi connectivity index (χ1) is 7.35. The van der Waals surface area contributed by atoms with Crippen molar-refractivity contribution in [2.75, 3.05) is 0 Å². The van der Waals surface area contributed by atoms with E-state index in [0.717, 1.165) is 11.4 Å². The van der Waals surface area contributed by atoms with Gasteiger partial charge in [-0.05, 0) is 24.3 Å². The maximum Gasteiger partial charge on any atom is 0.0991 e. The molecule has 4 nitrogen and oxygen atoms in total. The molecular formula is C10H7ClN4. The molecule has 0 saturated heterocycles. The molecule has 0 bridgehead atoms. The van der Waals surface area contributed by atoms with Gasteiger partial charge in [-0.1, -0.05) is 5.21 Å². The summed E-state index contributed by atoms with van der Waals surface area (Å²) in [5.41, 5.74) is 2.29. The molecule has 2 rings (SSSR count). The van der Waals surface area contributed by atoms with Crippen molar-refractivity contribution in [1.29, 1.82) is 5.26 Å². The molecule has 0 atom stereocenters. The Labute approximate surface area is 91.7 Å². The molecule has 1 aromatic heterocycles. The number of hydrogen-bond acceptors (Lipinski definition) is 3. The van der Waals surface area contributed by atoms with E-state index in [1.165, 1.54) is 0 Å². The molecular weight excluding hydrogens is 212 g/mol. The van der Waals surface area contributed by atoms with Crippen molar-refractivity contribution in [2.45, 2.75) is 5.88 Å². The number of aromatic nitrogens is 3. The van der Waals surface area contributed by atoms with Crippen LogP contribution in [0.3, 0.4) is 0 Å². The van der Waals surface area contributed by atoms with Crippen LogP contribution in [-0.4, -0.2) is 15.0 Å². The van der Waals surface area contributed by atoms with Crippen LogP contribution in [0.25, 0.3) is 5.69 Å². The molecule has 15 heavy (non-hydrogen) atoms. The Morgan fingerprint density at radius 1 is 1.33 bits per heavy atom. The molecule has 1 heterocycles. The standard InChI is InChI=1S/C10H7ClN4/c11-5-10-7-13-14-15(10)9-3-1-8(6-12)2-4-9/h1-4,7H,5H2. The van der Waals surface area contributed by atoms with Crippen molar-refractivity contribution in [3.8, 4) is 11.8 Å². The van der Waals surface area contributed by atoms with Gasteiger partial charge in [0.1, 0.15) is 0 Å². The Morgan fingerprint density at radius 2 is 2.07 bits per heavy atom. The van der Waals surface area contributed by atoms with Crippen LogP contribution in [0.5, 0.6) is 0 Å². The van der Waals surface area contributed by atoms with Crippen molar-refractivity contribution in [3.63, 3.8) is 0 Å². The fourth-order valence-electron chi connectivity index (χ4n) is 1.24. The van der Waals surface area contributed by atoms with Crippen LogP contribution < -0.4 is 0 Å². The van der Waals surface area contributed by atoms with Gasteiger partial charge in [-0.15, -0.1) is 16.7 Å². The number of halogens is 1. The third kappa shape index (κ3) is 1.83. The molecule has 0 N–H and O–H groups in total. The predicted molar refractivity (Wildman–Crippen MR) is 55.6 cm³/mol. The minimum Gasteiger partial charge on any atom is -0.216 e. The summed E-state index contributed by atoms with van der Waals surface area (Å²) in [7, 11) is 0. The summed E-state index contributed by atoms with van der Waals surface area (Å²) in [6, 6.07) is 9.14. The Hall–Kier alpha value is -1.86. The molecule has 5 heteroatoms. The predicted octanol–water partition coefficient (Wildman–Crippen LogP) is 1.88. The van der Waals surface area contributed by atoms with Gasteiger partial charge in [-0.25, -0.2) is 4.68 Å². The SMILES string of the molecule is N#Cc1ccc(-n2nncc2CCl)cc1. The smallest absolute Gasteiger partial charge is 0.0991 e. The molecule has 0 amide bonds. The number of nitrogens with zero attached hydrogens (tertiary/aromatic N) is 4. The first-order valence-corrected chi connectivity index (χ1v) is 4.84. The number of hydrogen-bond donors (Lipinski definition) is 0. The van der Waals surface area contributed by atoms with Gasteiger partial charge in [0.2, 0.25) is 0 Å². The molecule has 0 aliphatic rings. The van der Waals surface area contributed by atoms with E-state index in [4.69, 9.17) is 16.9 Å². The Morgan fingerprint density at radius 3 is 2.67 bits per heavy atom. The summed E-state index contributed by atoms with van der Waals surface area (Å²) in [5, 5.41) is 16.3. The number of nitriles is 1. The lowest BCUT2D eigenvalue weighted by molar-refractivity contribution is 0.781. The highest BCUT2D eigenvalue weighted by atomic mass is 35.5. The Bertz CT molecular complexity index is 495. The molecule has 0 aliphatic heterocycles. The first kappa shape index (κ1) is 9.69. The lowest BCUT2D eigenvalue weighted by atomic mass is 10.2. The van der Waals surface area contributed by atoms with E-state index in [1.807, 2.05) is 12.1 Å². The summed E-state index contributed by atoms with van der Waals surface area (Å²) < 4.78 is 1.65. The van der Waals surface area contributed by atoms with Gasteiger partial charge in [0.15, 0.2) is 0 Å². The van der Waals surface area contributed by atoms with Gasteiger partial charge >= 0.3 is 0 Å². The van der Waals surface area contributed by atoms with Crippen molar-refractivity contribution < 1.29 is 0 Å². The minimum absolute atomic E-state index is 0.354. The Balaban J connectivity index is 2.42. The van der Waals surface area contributed by atoms with Crippen LogP contribution in [0.4, 0.5) is 0 Å². The van der Waals surface area contributed by atoms with E-state index < -0.39 is 0 Å². The van der Waals surface area contributed by atoms with Crippen LogP contribution in [0.15, 0.2) is 30.5 Å². The van der Waals surface area contributed by atoms with Crippen molar-refractivity contribution in [2.24, 2.45) is 0 Å². The molecule has 0 unspecified atom stereocenters. The second kappa shape index (κ2) is 4.11. The molecule has 0 saturated carbocycles. The monoisotopic (exact) mass is 218 g/mol. The van der Waals surface area contributed by atoms with Gasteiger partial charge in [0, 0.05) is 0 Å². The largest absolute Gasteiger partial charge is 0.216 e. The van der Waals surface area contributed by atoms with Gasteiger partial charge in [0.05, 0.1) is 35.1 Å². The highest BCUT2D eigenvalue weighted by Crippen LogP contribution is 2.11. The fourth-order valence-corrected chi connectivity index (χ4v) is 1.42. The van der Waals surface area contributed by atoms with Crippen molar-refractivity contribution >= 4 is 11.6 Å². The van der Waals surface area contributed by atoms with E-state index in [0.29, 0.717) is 11.4 Å². The summed E-state index contributed by atoms with van der Waals surface area (Å²) in [6.45, 7) is 0. The second-order valence-corrected chi connectivity index (χ2v) is 3.20. The molecule has 2 aromatic rings. The molecule has 0 spiro atoms. The first-order valence-electron chi connectivity index (χ1n) is 4.31. The van der Waals surface area contributed by atoms with Crippen LogP contribution in [0.1, 0.15) is 11.3 Å². The average molecular weight is 219 g/mol. The third-order valence-corrected chi connectivity index (χ3v) is 2.27. The average Bonchev–Trinajstić information content (AvgIpc) is 2.77. The van der Waals surface area contributed by atoms with Crippen molar-refractivity contribution in [3.05, 3.63) is 41.7 Å². The molecule has 1 aromatic carbocycles. The summed E-state index contributed by atoms with van der Waals surface area (Å²) in [6.07, 6.45) is 1.62. The summed E-state index contributed by atoms with van der Waals surface area (Å²) in [4.78, 5) is 0. The zero-order chi connectivity index (χ0) is 10.7. The molecule has 0 fully saturated rings. The maximum atomic E-state index is 8.65. The molecule has 74 valence electrons. The van der Waals surface area contributed by atoms with Gasteiger partial charge < -0.3 is 0 Å². The van der Waals surface area contributed by atoms with Gasteiger partial charge in [-0.2, -0.15) is 5.26 Å². The van der Waals surface area contributed by atoms with Crippen molar-refractivity contribution in [1.82, 2.24) is 15.0 Å². The Kier molecular flexibility index (Phi) is 2.66. The summed E-state index contributed by atoms with van der Waals surface area (Å²) in [5.74, 6) is 0.354. The zero-order valence-corrected chi connectivity index (χ0v) is 8.52. The third-order valence-electron chi connectivity index (χ3n) is 2.00. The van der Waals surface area contributed by atoms with E-state index in [9.17, 15) is 0 Å².